The number of carboxylic acids is 1. The van der Waals surface area contributed by atoms with Gasteiger partial charge in [0.05, 0.1) is 24.7 Å². The molecule has 2 atom stereocenters. The molecule has 1 aliphatic heterocycles. The number of hydrogen-bond acceptors (Lipinski definition) is 5. The lowest BCUT2D eigenvalue weighted by molar-refractivity contribution is -0.150. The van der Waals surface area contributed by atoms with Gasteiger partial charge in [-0.25, -0.2) is 4.79 Å². The van der Waals surface area contributed by atoms with E-state index in [0.29, 0.717) is 13.0 Å². The van der Waals surface area contributed by atoms with Crippen molar-refractivity contribution in [3.8, 4) is 11.1 Å². The molecule has 1 heterocycles. The van der Waals surface area contributed by atoms with Crippen molar-refractivity contribution in [2.45, 2.75) is 32.2 Å². The molecule has 180 valence electrons. The highest BCUT2D eigenvalue weighted by Crippen LogP contribution is 2.44. The Labute approximate surface area is 198 Å². The molecule has 1 aliphatic carbocycles. The summed E-state index contributed by atoms with van der Waals surface area (Å²) >= 11 is 0. The SMILES string of the molecule is CCCN(CC(=O)O)C(=O)C1(C)COCC1NC(=O)OCC1c2ccccc2-c2ccccc21. The largest absolute Gasteiger partial charge is 0.480 e. The van der Waals surface area contributed by atoms with E-state index in [4.69, 9.17) is 9.47 Å². The van der Waals surface area contributed by atoms with E-state index in [1.165, 1.54) is 4.90 Å². The number of rotatable bonds is 8. The molecule has 2 N–H and O–H groups in total. The van der Waals surface area contributed by atoms with Crippen LogP contribution in [0.3, 0.4) is 0 Å². The van der Waals surface area contributed by atoms with Crippen LogP contribution in [0.25, 0.3) is 11.1 Å². The maximum absolute atomic E-state index is 13.2. The van der Waals surface area contributed by atoms with Crippen LogP contribution in [0.1, 0.15) is 37.3 Å². The summed E-state index contributed by atoms with van der Waals surface area (Å²) in [6.07, 6.45) is -0.00266. The van der Waals surface area contributed by atoms with Crippen molar-refractivity contribution in [1.29, 1.82) is 0 Å². The average Bonchev–Trinajstić information content (AvgIpc) is 3.35. The monoisotopic (exact) mass is 466 g/mol. The van der Waals surface area contributed by atoms with Crippen molar-refractivity contribution >= 4 is 18.0 Å². The van der Waals surface area contributed by atoms with Crippen LogP contribution in [0.2, 0.25) is 0 Å². The van der Waals surface area contributed by atoms with E-state index in [2.05, 4.69) is 17.4 Å². The number of amides is 2. The fourth-order valence-corrected chi connectivity index (χ4v) is 4.91. The van der Waals surface area contributed by atoms with Crippen LogP contribution >= 0.6 is 0 Å². The van der Waals surface area contributed by atoms with Gasteiger partial charge in [0, 0.05) is 12.5 Å². The molecule has 1 fully saturated rings. The van der Waals surface area contributed by atoms with Gasteiger partial charge in [-0.05, 0) is 35.6 Å². The first kappa shape index (κ1) is 23.8. The first-order chi connectivity index (χ1) is 16.3. The predicted molar refractivity (Wildman–Crippen MR) is 125 cm³/mol. The zero-order valence-electron chi connectivity index (χ0n) is 19.5. The van der Waals surface area contributed by atoms with Gasteiger partial charge >= 0.3 is 12.1 Å². The van der Waals surface area contributed by atoms with Crippen LogP contribution < -0.4 is 5.32 Å². The smallest absolute Gasteiger partial charge is 0.407 e. The van der Waals surface area contributed by atoms with Gasteiger partial charge in [0.1, 0.15) is 13.2 Å². The molecule has 0 saturated carbocycles. The van der Waals surface area contributed by atoms with E-state index in [-0.39, 0.29) is 38.2 Å². The molecule has 1 saturated heterocycles. The Morgan fingerprint density at radius 2 is 1.74 bits per heavy atom. The Hall–Kier alpha value is -3.39. The molecule has 34 heavy (non-hydrogen) atoms. The molecule has 4 rings (SSSR count). The molecule has 0 bridgehead atoms. The van der Waals surface area contributed by atoms with E-state index in [1.54, 1.807) is 6.92 Å². The summed E-state index contributed by atoms with van der Waals surface area (Å²) in [4.78, 5) is 38.5. The Bertz CT molecular complexity index is 1040. The third-order valence-corrected chi connectivity index (χ3v) is 6.69. The highest BCUT2D eigenvalue weighted by atomic mass is 16.5. The summed E-state index contributed by atoms with van der Waals surface area (Å²) in [7, 11) is 0. The Morgan fingerprint density at radius 1 is 1.12 bits per heavy atom. The van der Waals surface area contributed by atoms with Crippen molar-refractivity contribution < 1.29 is 29.0 Å². The predicted octanol–water partition coefficient (Wildman–Crippen LogP) is 3.25. The molecule has 2 amide bonds. The number of hydrogen-bond donors (Lipinski definition) is 2. The molecule has 2 aromatic rings. The standard InChI is InChI=1S/C26H30N2O6/c1-3-12-28(13-23(29)30)24(31)26(2)16-33-15-22(26)27-25(32)34-14-21-19-10-6-4-8-17(19)18-9-5-7-11-20(18)21/h4-11,21-22H,3,12-16H2,1-2H3,(H,27,32)(H,29,30). The minimum atomic E-state index is -1.08. The fraction of sp³-hybridized carbons (Fsp3) is 0.423. The quantitative estimate of drug-likeness (QED) is 0.619. The molecule has 2 aliphatic rings. The van der Waals surface area contributed by atoms with Crippen molar-refractivity contribution in [2.75, 3.05) is 32.9 Å². The van der Waals surface area contributed by atoms with E-state index < -0.39 is 23.5 Å². The second kappa shape index (κ2) is 9.85. The van der Waals surface area contributed by atoms with Gasteiger partial charge in [-0.2, -0.15) is 0 Å². The Balaban J connectivity index is 1.43. The van der Waals surface area contributed by atoms with Crippen molar-refractivity contribution in [1.82, 2.24) is 10.2 Å². The van der Waals surface area contributed by atoms with Crippen LogP contribution in [0.4, 0.5) is 4.79 Å². The summed E-state index contributed by atoms with van der Waals surface area (Å²) < 4.78 is 11.2. The lowest BCUT2D eigenvalue weighted by atomic mass is 9.83. The summed E-state index contributed by atoms with van der Waals surface area (Å²) in [6.45, 7) is 3.92. The zero-order chi connectivity index (χ0) is 24.3. The topological polar surface area (TPSA) is 105 Å². The summed E-state index contributed by atoms with van der Waals surface area (Å²) in [5.41, 5.74) is 3.44. The Kier molecular flexibility index (Phi) is 6.88. The van der Waals surface area contributed by atoms with Gasteiger partial charge in [-0.1, -0.05) is 55.5 Å². The number of ether oxygens (including phenoxy) is 2. The number of nitrogens with zero attached hydrogens (tertiary/aromatic N) is 1. The number of aliphatic carboxylic acids is 1. The van der Waals surface area contributed by atoms with Gasteiger partial charge in [-0.3, -0.25) is 9.59 Å². The number of benzene rings is 2. The van der Waals surface area contributed by atoms with Gasteiger partial charge < -0.3 is 24.8 Å². The first-order valence-electron chi connectivity index (χ1n) is 11.6. The second-order valence-corrected chi connectivity index (χ2v) is 9.08. The lowest BCUT2D eigenvalue weighted by Gasteiger charge is -2.33. The van der Waals surface area contributed by atoms with Crippen LogP contribution in [0.15, 0.2) is 48.5 Å². The van der Waals surface area contributed by atoms with Crippen LogP contribution in [-0.4, -0.2) is 66.9 Å². The maximum atomic E-state index is 13.2. The van der Waals surface area contributed by atoms with Crippen LogP contribution in [0.5, 0.6) is 0 Å². The van der Waals surface area contributed by atoms with E-state index >= 15 is 0 Å². The zero-order valence-corrected chi connectivity index (χ0v) is 19.5. The minimum absolute atomic E-state index is 0.0680. The molecule has 8 heteroatoms. The van der Waals surface area contributed by atoms with Crippen molar-refractivity contribution in [3.05, 3.63) is 59.7 Å². The molecule has 0 spiro atoms. The fourth-order valence-electron chi connectivity index (χ4n) is 4.91. The maximum Gasteiger partial charge on any atom is 0.407 e. The molecule has 0 aromatic heterocycles. The minimum Gasteiger partial charge on any atom is -0.480 e. The third kappa shape index (κ3) is 4.50. The molecule has 0 radical (unpaired) electrons. The Morgan fingerprint density at radius 3 is 2.32 bits per heavy atom. The van der Waals surface area contributed by atoms with Crippen LogP contribution in [-0.2, 0) is 19.1 Å². The van der Waals surface area contributed by atoms with Crippen molar-refractivity contribution in [2.24, 2.45) is 5.41 Å². The summed E-state index contributed by atoms with van der Waals surface area (Å²) in [5, 5.41) is 12.0. The van der Waals surface area contributed by atoms with E-state index in [1.807, 2.05) is 43.3 Å². The highest BCUT2D eigenvalue weighted by Gasteiger charge is 2.49. The van der Waals surface area contributed by atoms with E-state index in [9.17, 15) is 19.5 Å². The van der Waals surface area contributed by atoms with Gasteiger partial charge in [-0.15, -0.1) is 0 Å². The second-order valence-electron chi connectivity index (χ2n) is 9.08. The van der Waals surface area contributed by atoms with E-state index in [0.717, 1.165) is 22.3 Å². The molecule has 2 unspecified atom stereocenters. The molecular weight excluding hydrogens is 436 g/mol. The van der Waals surface area contributed by atoms with Crippen molar-refractivity contribution in [3.63, 3.8) is 0 Å². The third-order valence-electron chi connectivity index (χ3n) is 6.69. The molecule has 8 nitrogen and oxygen atoms in total. The lowest BCUT2D eigenvalue weighted by Crippen LogP contribution is -2.55. The van der Waals surface area contributed by atoms with Gasteiger partial charge in [0.15, 0.2) is 0 Å². The first-order valence-corrected chi connectivity index (χ1v) is 11.6. The normalized spacial score (nSPS) is 20.9. The summed E-state index contributed by atoms with van der Waals surface area (Å²) in [5.74, 6) is -1.50. The van der Waals surface area contributed by atoms with Crippen LogP contribution in [0, 0.1) is 5.41 Å². The average molecular weight is 467 g/mol. The number of alkyl carbamates (subject to hydrolysis) is 1. The number of carbonyl (C=O) groups excluding carboxylic acids is 2. The summed E-state index contributed by atoms with van der Waals surface area (Å²) in [6, 6.07) is 15.6. The number of fused-ring (bicyclic) bond motifs is 3. The molecule has 2 aromatic carbocycles. The van der Waals surface area contributed by atoms with Gasteiger partial charge in [0.2, 0.25) is 5.91 Å². The number of nitrogens with one attached hydrogen (secondary N) is 1. The molecular formula is C26H30N2O6. The number of carboxylic acid groups (broad SMARTS) is 1. The highest BCUT2D eigenvalue weighted by molar-refractivity contribution is 5.87. The van der Waals surface area contributed by atoms with Gasteiger partial charge in [0.25, 0.3) is 0 Å². The number of carbonyl (C=O) groups is 3.